The molecule has 0 spiro atoms. The standard InChI is InChI=1S/C18H25FN2O5S2/c1-3-11-21(16-10-13-27(23,24)14-16)18(22)5-4-12-20(2)28(25,26)17-8-6-15(19)7-9-17/h3,6-9,16H,1,4-5,10-14H2,2H3. The smallest absolute Gasteiger partial charge is 0.242 e. The molecule has 1 saturated heterocycles. The van der Waals surface area contributed by atoms with Crippen molar-refractivity contribution in [3.8, 4) is 0 Å². The van der Waals surface area contributed by atoms with Crippen LogP contribution < -0.4 is 0 Å². The van der Waals surface area contributed by atoms with Gasteiger partial charge in [0, 0.05) is 32.6 Å². The number of hydrogen-bond donors (Lipinski definition) is 0. The van der Waals surface area contributed by atoms with Crippen molar-refractivity contribution >= 4 is 25.8 Å². The number of carbonyl (C=O) groups excluding carboxylic acids is 1. The number of rotatable bonds is 9. The van der Waals surface area contributed by atoms with E-state index in [1.165, 1.54) is 24.1 Å². The maximum absolute atomic E-state index is 13.0. The van der Waals surface area contributed by atoms with E-state index in [-0.39, 0.29) is 54.3 Å². The average Bonchev–Trinajstić information content (AvgIpc) is 2.99. The van der Waals surface area contributed by atoms with Gasteiger partial charge in [0.1, 0.15) is 5.82 Å². The van der Waals surface area contributed by atoms with E-state index in [9.17, 15) is 26.0 Å². The van der Waals surface area contributed by atoms with Crippen LogP contribution in [0.15, 0.2) is 41.8 Å². The van der Waals surface area contributed by atoms with Gasteiger partial charge in [-0.1, -0.05) is 6.08 Å². The van der Waals surface area contributed by atoms with E-state index in [0.717, 1.165) is 16.4 Å². The van der Waals surface area contributed by atoms with Crippen molar-refractivity contribution in [2.75, 3.05) is 31.6 Å². The molecule has 0 aliphatic carbocycles. The molecule has 10 heteroatoms. The predicted octanol–water partition coefficient (Wildman–Crippen LogP) is 1.43. The van der Waals surface area contributed by atoms with Crippen LogP contribution in [0.4, 0.5) is 4.39 Å². The van der Waals surface area contributed by atoms with Gasteiger partial charge >= 0.3 is 0 Å². The van der Waals surface area contributed by atoms with Crippen molar-refractivity contribution in [1.29, 1.82) is 0 Å². The third kappa shape index (κ3) is 5.62. The van der Waals surface area contributed by atoms with Crippen LogP contribution in [-0.4, -0.2) is 69.6 Å². The minimum Gasteiger partial charge on any atom is -0.335 e. The minimum absolute atomic E-state index is 0.0211. The van der Waals surface area contributed by atoms with Crippen molar-refractivity contribution in [2.45, 2.75) is 30.2 Å². The summed E-state index contributed by atoms with van der Waals surface area (Å²) in [6.45, 7) is 3.97. The van der Waals surface area contributed by atoms with E-state index in [2.05, 4.69) is 6.58 Å². The second-order valence-electron chi connectivity index (χ2n) is 6.78. The summed E-state index contributed by atoms with van der Waals surface area (Å²) in [7, 11) is -5.49. The Hall–Kier alpha value is -1.78. The SMILES string of the molecule is C=CCN(C(=O)CCCN(C)S(=O)(=O)c1ccc(F)cc1)C1CCS(=O)(=O)C1. The number of benzene rings is 1. The Morgan fingerprint density at radius 2 is 1.96 bits per heavy atom. The first-order valence-electron chi connectivity index (χ1n) is 8.89. The fraction of sp³-hybridized carbons (Fsp3) is 0.500. The fourth-order valence-electron chi connectivity index (χ4n) is 3.12. The lowest BCUT2D eigenvalue weighted by molar-refractivity contribution is -0.132. The fourth-order valence-corrected chi connectivity index (χ4v) is 6.06. The molecule has 1 aliphatic heterocycles. The Morgan fingerprint density at radius 3 is 2.50 bits per heavy atom. The lowest BCUT2D eigenvalue weighted by Crippen LogP contribution is -2.41. The summed E-state index contributed by atoms with van der Waals surface area (Å²) >= 11 is 0. The van der Waals surface area contributed by atoms with Crippen molar-refractivity contribution in [3.63, 3.8) is 0 Å². The summed E-state index contributed by atoms with van der Waals surface area (Å²) in [6, 6.07) is 4.17. The number of carbonyl (C=O) groups is 1. The van der Waals surface area contributed by atoms with Gasteiger partial charge < -0.3 is 4.90 Å². The average molecular weight is 433 g/mol. The van der Waals surface area contributed by atoms with E-state index in [1.54, 1.807) is 6.08 Å². The molecule has 1 fully saturated rings. The molecule has 0 N–H and O–H groups in total. The molecule has 0 radical (unpaired) electrons. The van der Waals surface area contributed by atoms with E-state index in [0.29, 0.717) is 6.42 Å². The van der Waals surface area contributed by atoms with Crippen molar-refractivity contribution in [3.05, 3.63) is 42.7 Å². The van der Waals surface area contributed by atoms with Crippen LogP contribution in [-0.2, 0) is 24.7 Å². The first kappa shape index (κ1) is 22.5. The van der Waals surface area contributed by atoms with Crippen LogP contribution in [0, 0.1) is 5.82 Å². The highest BCUT2D eigenvalue weighted by atomic mass is 32.2. The maximum atomic E-state index is 13.0. The lowest BCUT2D eigenvalue weighted by atomic mass is 10.2. The molecule has 0 bridgehead atoms. The Labute approximate surface area is 165 Å². The van der Waals surface area contributed by atoms with E-state index >= 15 is 0 Å². The molecule has 156 valence electrons. The monoisotopic (exact) mass is 432 g/mol. The van der Waals surface area contributed by atoms with Gasteiger partial charge in [0.25, 0.3) is 0 Å². The van der Waals surface area contributed by atoms with Gasteiger partial charge in [0.15, 0.2) is 9.84 Å². The minimum atomic E-state index is -3.77. The van der Waals surface area contributed by atoms with Gasteiger partial charge in [0.2, 0.25) is 15.9 Å². The summed E-state index contributed by atoms with van der Waals surface area (Å²) in [5.74, 6) is -0.735. The third-order valence-corrected chi connectivity index (χ3v) is 8.30. The third-order valence-electron chi connectivity index (χ3n) is 4.68. The normalized spacial score (nSPS) is 18.9. The van der Waals surface area contributed by atoms with Gasteiger partial charge in [-0.05, 0) is 37.1 Å². The van der Waals surface area contributed by atoms with Gasteiger partial charge in [-0.25, -0.2) is 25.5 Å². The molecule has 1 unspecified atom stereocenters. The van der Waals surface area contributed by atoms with Gasteiger partial charge in [-0.2, -0.15) is 0 Å². The quantitative estimate of drug-likeness (QED) is 0.551. The Balaban J connectivity index is 1.94. The molecule has 7 nitrogen and oxygen atoms in total. The second kappa shape index (κ2) is 9.15. The Kier molecular flexibility index (Phi) is 7.35. The first-order chi connectivity index (χ1) is 13.1. The summed E-state index contributed by atoms with van der Waals surface area (Å²) in [4.78, 5) is 14.0. The zero-order valence-electron chi connectivity index (χ0n) is 15.8. The largest absolute Gasteiger partial charge is 0.335 e. The Bertz CT molecular complexity index is 914. The highest BCUT2D eigenvalue weighted by Crippen LogP contribution is 2.20. The van der Waals surface area contributed by atoms with E-state index < -0.39 is 25.7 Å². The lowest BCUT2D eigenvalue weighted by Gasteiger charge is -2.27. The van der Waals surface area contributed by atoms with Crippen LogP contribution in [0.3, 0.4) is 0 Å². The summed E-state index contributed by atoms with van der Waals surface area (Å²) in [5.41, 5.74) is 0. The molecule has 2 rings (SSSR count). The zero-order chi connectivity index (χ0) is 20.9. The van der Waals surface area contributed by atoms with Crippen LogP contribution in [0.25, 0.3) is 0 Å². The molecule has 1 amide bonds. The molecule has 28 heavy (non-hydrogen) atoms. The molecule has 1 aromatic rings. The number of nitrogens with zero attached hydrogens (tertiary/aromatic N) is 2. The first-order valence-corrected chi connectivity index (χ1v) is 12.2. The predicted molar refractivity (Wildman–Crippen MR) is 104 cm³/mol. The number of amides is 1. The van der Waals surface area contributed by atoms with Crippen molar-refractivity contribution in [2.24, 2.45) is 0 Å². The molecule has 1 atom stereocenters. The number of sulfone groups is 1. The topological polar surface area (TPSA) is 91.8 Å². The summed E-state index contributed by atoms with van der Waals surface area (Å²) < 4.78 is 62.4. The second-order valence-corrected chi connectivity index (χ2v) is 11.0. The highest BCUT2D eigenvalue weighted by molar-refractivity contribution is 7.91. The summed E-state index contributed by atoms with van der Waals surface area (Å²) in [6.07, 6.45) is 2.32. The summed E-state index contributed by atoms with van der Waals surface area (Å²) in [5, 5.41) is 0. The molecule has 0 aromatic heterocycles. The van der Waals surface area contributed by atoms with Gasteiger partial charge in [-0.3, -0.25) is 4.79 Å². The zero-order valence-corrected chi connectivity index (χ0v) is 17.4. The molecule has 1 aliphatic rings. The molecular formula is C18H25FN2O5S2. The molecule has 0 saturated carbocycles. The van der Waals surface area contributed by atoms with Crippen LogP contribution in [0.5, 0.6) is 0 Å². The molecular weight excluding hydrogens is 407 g/mol. The van der Waals surface area contributed by atoms with E-state index in [1.807, 2.05) is 0 Å². The maximum Gasteiger partial charge on any atom is 0.242 e. The number of sulfonamides is 1. The van der Waals surface area contributed by atoms with Crippen LogP contribution >= 0.6 is 0 Å². The van der Waals surface area contributed by atoms with E-state index in [4.69, 9.17) is 0 Å². The van der Waals surface area contributed by atoms with Crippen molar-refractivity contribution in [1.82, 2.24) is 9.21 Å². The number of hydrogen-bond acceptors (Lipinski definition) is 5. The van der Waals surface area contributed by atoms with Crippen molar-refractivity contribution < 1.29 is 26.0 Å². The number of halogens is 1. The van der Waals surface area contributed by atoms with Gasteiger partial charge in [0.05, 0.1) is 16.4 Å². The Morgan fingerprint density at radius 1 is 1.32 bits per heavy atom. The molecule has 1 heterocycles. The highest BCUT2D eigenvalue weighted by Gasteiger charge is 2.34. The van der Waals surface area contributed by atoms with Crippen LogP contribution in [0.2, 0.25) is 0 Å². The molecule has 1 aromatic carbocycles. The van der Waals surface area contributed by atoms with Crippen LogP contribution in [0.1, 0.15) is 19.3 Å². The van der Waals surface area contributed by atoms with Gasteiger partial charge in [-0.15, -0.1) is 6.58 Å².